The molecule has 0 unspecified atom stereocenters. The van der Waals surface area contributed by atoms with Crippen molar-refractivity contribution in [3.63, 3.8) is 0 Å². The van der Waals surface area contributed by atoms with Crippen LogP contribution >= 0.6 is 0 Å². The molecule has 0 aliphatic carbocycles. The number of hydrogen-bond donors (Lipinski definition) is 0. The number of hydrogen-bond acceptors (Lipinski definition) is 6. The van der Waals surface area contributed by atoms with Gasteiger partial charge in [-0.3, -0.25) is 9.59 Å². The van der Waals surface area contributed by atoms with Crippen molar-refractivity contribution in [2.45, 2.75) is 12.8 Å². The number of rotatable bonds is 7. The Morgan fingerprint density at radius 2 is 1.59 bits per heavy atom. The van der Waals surface area contributed by atoms with Crippen LogP contribution in [-0.4, -0.2) is 39.0 Å². The van der Waals surface area contributed by atoms with Crippen LogP contribution < -0.4 is 18.9 Å². The van der Waals surface area contributed by atoms with Crippen molar-refractivity contribution < 1.29 is 32.9 Å². The highest BCUT2D eigenvalue weighted by Crippen LogP contribution is 2.48. The lowest BCUT2D eigenvalue weighted by atomic mass is 10.00. The SMILES string of the molecule is COc1cc(C(=O)CCC(=O)c2ccc(F)cc2)c(OC)c2c1OCCO2. The Balaban J connectivity index is 1.81. The summed E-state index contributed by atoms with van der Waals surface area (Å²) in [6.07, 6.45) is -0.0419. The number of carbonyl (C=O) groups is 2. The summed E-state index contributed by atoms with van der Waals surface area (Å²) in [5.74, 6) is 0.361. The van der Waals surface area contributed by atoms with E-state index in [2.05, 4.69) is 0 Å². The molecule has 0 spiro atoms. The van der Waals surface area contributed by atoms with Crippen LogP contribution in [0.1, 0.15) is 33.6 Å². The molecule has 1 aliphatic rings. The molecule has 0 N–H and O–H groups in total. The summed E-state index contributed by atoms with van der Waals surface area (Å²) >= 11 is 0. The zero-order valence-corrected chi connectivity index (χ0v) is 15.0. The fourth-order valence-electron chi connectivity index (χ4n) is 2.86. The Kier molecular flexibility index (Phi) is 5.59. The van der Waals surface area contributed by atoms with E-state index in [0.717, 1.165) is 0 Å². The van der Waals surface area contributed by atoms with Crippen molar-refractivity contribution in [2.75, 3.05) is 27.4 Å². The molecule has 0 bridgehead atoms. The molecular formula is C20H19FO6. The number of Topliss-reactive ketones (excluding diaryl/α,β-unsaturated/α-hetero) is 2. The summed E-state index contributed by atoms with van der Waals surface area (Å²) in [6, 6.07) is 6.75. The second-order valence-corrected chi connectivity index (χ2v) is 5.87. The van der Waals surface area contributed by atoms with E-state index in [1.807, 2.05) is 0 Å². The van der Waals surface area contributed by atoms with Gasteiger partial charge in [-0.05, 0) is 30.3 Å². The van der Waals surface area contributed by atoms with Crippen LogP contribution in [0.5, 0.6) is 23.0 Å². The molecule has 6 nitrogen and oxygen atoms in total. The molecule has 1 aliphatic heterocycles. The quantitative estimate of drug-likeness (QED) is 0.691. The van der Waals surface area contributed by atoms with Gasteiger partial charge in [-0.1, -0.05) is 0 Å². The predicted octanol–water partition coefficient (Wildman–Crippen LogP) is 3.46. The number of ether oxygens (including phenoxy) is 4. The summed E-state index contributed by atoms with van der Waals surface area (Å²) in [4.78, 5) is 25.0. The molecule has 7 heteroatoms. The summed E-state index contributed by atoms with van der Waals surface area (Å²) in [7, 11) is 2.90. The van der Waals surface area contributed by atoms with Crippen molar-refractivity contribution in [1.82, 2.24) is 0 Å². The van der Waals surface area contributed by atoms with Crippen LogP contribution in [0.25, 0.3) is 0 Å². The molecule has 0 saturated carbocycles. The average Bonchev–Trinajstić information content (AvgIpc) is 2.70. The van der Waals surface area contributed by atoms with Gasteiger partial charge in [0.1, 0.15) is 19.0 Å². The van der Waals surface area contributed by atoms with Crippen molar-refractivity contribution in [3.8, 4) is 23.0 Å². The van der Waals surface area contributed by atoms with E-state index < -0.39 is 5.82 Å². The second kappa shape index (κ2) is 8.07. The minimum atomic E-state index is -0.421. The first kappa shape index (κ1) is 18.7. The maximum Gasteiger partial charge on any atom is 0.208 e. The number of fused-ring (bicyclic) bond motifs is 1. The van der Waals surface area contributed by atoms with Gasteiger partial charge >= 0.3 is 0 Å². The fourth-order valence-corrected chi connectivity index (χ4v) is 2.86. The molecule has 0 fully saturated rings. The topological polar surface area (TPSA) is 71.1 Å². The lowest BCUT2D eigenvalue weighted by Gasteiger charge is -2.24. The van der Waals surface area contributed by atoms with Crippen LogP contribution in [0.4, 0.5) is 4.39 Å². The highest BCUT2D eigenvalue weighted by Gasteiger charge is 2.28. The van der Waals surface area contributed by atoms with Gasteiger partial charge in [0.2, 0.25) is 11.5 Å². The molecule has 0 amide bonds. The number of halogens is 1. The van der Waals surface area contributed by atoms with Crippen LogP contribution in [0.3, 0.4) is 0 Å². The third kappa shape index (κ3) is 3.86. The van der Waals surface area contributed by atoms with Crippen LogP contribution in [0.15, 0.2) is 30.3 Å². The Bertz CT molecular complexity index is 860. The molecule has 0 atom stereocenters. The van der Waals surface area contributed by atoms with E-state index in [1.54, 1.807) is 0 Å². The lowest BCUT2D eigenvalue weighted by molar-refractivity contribution is 0.0914. The van der Waals surface area contributed by atoms with E-state index in [4.69, 9.17) is 18.9 Å². The number of benzene rings is 2. The smallest absolute Gasteiger partial charge is 0.208 e. The van der Waals surface area contributed by atoms with Gasteiger partial charge in [0.05, 0.1) is 19.8 Å². The number of ketones is 2. The van der Waals surface area contributed by atoms with Crippen LogP contribution in [-0.2, 0) is 0 Å². The molecule has 2 aromatic carbocycles. The standard InChI is InChI=1S/C20H19FO6/c1-24-17-11-14(18(25-2)20-19(17)26-9-10-27-20)16(23)8-7-15(22)12-3-5-13(21)6-4-12/h3-6,11H,7-10H2,1-2H3. The van der Waals surface area contributed by atoms with Gasteiger partial charge in [-0.15, -0.1) is 0 Å². The van der Waals surface area contributed by atoms with Gasteiger partial charge in [-0.25, -0.2) is 4.39 Å². The van der Waals surface area contributed by atoms with Gasteiger partial charge in [0.25, 0.3) is 0 Å². The zero-order chi connectivity index (χ0) is 19.4. The Morgan fingerprint density at radius 1 is 0.963 bits per heavy atom. The maximum atomic E-state index is 13.0. The third-order valence-corrected chi connectivity index (χ3v) is 4.20. The Labute approximate surface area is 155 Å². The molecule has 0 aromatic heterocycles. The molecule has 3 rings (SSSR count). The largest absolute Gasteiger partial charge is 0.493 e. The minimum Gasteiger partial charge on any atom is -0.493 e. The first-order chi connectivity index (χ1) is 13.0. The summed E-state index contributed by atoms with van der Waals surface area (Å²) in [5, 5.41) is 0. The Morgan fingerprint density at radius 3 is 2.22 bits per heavy atom. The second-order valence-electron chi connectivity index (χ2n) is 5.87. The minimum absolute atomic E-state index is 0.00955. The molecule has 27 heavy (non-hydrogen) atoms. The van der Waals surface area contributed by atoms with E-state index in [1.165, 1.54) is 44.6 Å². The number of carbonyl (C=O) groups excluding carboxylic acids is 2. The van der Waals surface area contributed by atoms with Crippen molar-refractivity contribution in [1.29, 1.82) is 0 Å². The number of methoxy groups -OCH3 is 2. The first-order valence-corrected chi connectivity index (χ1v) is 8.41. The molecule has 1 heterocycles. The highest BCUT2D eigenvalue weighted by atomic mass is 19.1. The Hall–Kier alpha value is -3.09. The summed E-state index contributed by atoms with van der Waals surface area (Å²) in [5.41, 5.74) is 0.612. The normalized spacial score (nSPS) is 12.4. The molecular weight excluding hydrogens is 355 g/mol. The molecule has 0 saturated heterocycles. The van der Waals surface area contributed by atoms with Crippen LogP contribution in [0.2, 0.25) is 0 Å². The lowest BCUT2D eigenvalue weighted by Crippen LogP contribution is -2.18. The van der Waals surface area contributed by atoms with Gasteiger partial charge < -0.3 is 18.9 Å². The summed E-state index contributed by atoms with van der Waals surface area (Å²) < 4.78 is 34.8. The van der Waals surface area contributed by atoms with Gasteiger partial charge in [-0.2, -0.15) is 0 Å². The fraction of sp³-hybridized carbons (Fsp3) is 0.300. The van der Waals surface area contributed by atoms with E-state index in [-0.39, 0.29) is 35.7 Å². The van der Waals surface area contributed by atoms with Gasteiger partial charge in [0, 0.05) is 18.4 Å². The molecule has 142 valence electrons. The maximum absolute atomic E-state index is 13.0. The molecule has 2 aromatic rings. The van der Waals surface area contributed by atoms with E-state index >= 15 is 0 Å². The third-order valence-electron chi connectivity index (χ3n) is 4.20. The van der Waals surface area contributed by atoms with Crippen molar-refractivity contribution in [2.24, 2.45) is 0 Å². The van der Waals surface area contributed by atoms with Crippen LogP contribution in [0, 0.1) is 5.82 Å². The molecule has 0 radical (unpaired) electrons. The highest BCUT2D eigenvalue weighted by molar-refractivity contribution is 6.04. The predicted molar refractivity (Wildman–Crippen MR) is 94.8 cm³/mol. The van der Waals surface area contributed by atoms with Crippen molar-refractivity contribution in [3.05, 3.63) is 47.3 Å². The monoisotopic (exact) mass is 374 g/mol. The first-order valence-electron chi connectivity index (χ1n) is 8.41. The summed E-state index contributed by atoms with van der Waals surface area (Å²) in [6.45, 7) is 0.694. The zero-order valence-electron chi connectivity index (χ0n) is 15.0. The van der Waals surface area contributed by atoms with Crippen molar-refractivity contribution >= 4 is 11.6 Å². The van der Waals surface area contributed by atoms with E-state index in [9.17, 15) is 14.0 Å². The van der Waals surface area contributed by atoms with Gasteiger partial charge in [0.15, 0.2) is 23.1 Å². The van der Waals surface area contributed by atoms with E-state index in [0.29, 0.717) is 36.0 Å². The average molecular weight is 374 g/mol.